The van der Waals surface area contributed by atoms with Gasteiger partial charge in [0.05, 0.1) is 0 Å². The molecule has 10 heteroatoms. The van der Waals surface area contributed by atoms with Gasteiger partial charge in [0.15, 0.2) is 0 Å². The fourth-order valence-corrected chi connectivity index (χ4v) is 0. The van der Waals surface area contributed by atoms with E-state index in [0.29, 0.717) is 0 Å². The molecule has 0 heterocycles. The van der Waals surface area contributed by atoms with E-state index in [0.717, 1.165) is 0 Å². The maximum atomic E-state index is 5.05. The number of halogens is 9. The Kier molecular flexibility index (Phi) is 1.28. The zero-order valence-corrected chi connectivity index (χ0v) is 11.6. The molecule has 72 valence electrons. The van der Waals surface area contributed by atoms with Gasteiger partial charge in [0.2, 0.25) is 0 Å². The van der Waals surface area contributed by atoms with Crippen molar-refractivity contribution in [3.63, 3.8) is 0 Å². The molecule has 0 aromatic rings. The van der Waals surface area contributed by atoms with Gasteiger partial charge in [0.1, 0.15) is 0 Å². The van der Waals surface area contributed by atoms with Crippen LogP contribution in [0.4, 0.5) is 0 Å². The Morgan fingerprint density at radius 2 is 0.400 bits per heavy atom. The van der Waals surface area contributed by atoms with Crippen molar-refractivity contribution in [2.75, 3.05) is 0 Å². The van der Waals surface area contributed by atoms with E-state index >= 15 is 0 Å². The van der Waals surface area contributed by atoms with Crippen LogP contribution in [0.2, 0.25) is 0 Å². The summed E-state index contributed by atoms with van der Waals surface area (Å²) in [6.45, 7) is 0. The first-order chi connectivity index (χ1) is 3.00. The Morgan fingerprint density at radius 1 is 0.400 bits per heavy atom. The molecule has 0 aromatic heterocycles. The third-order valence-electron chi connectivity index (χ3n) is 0. The second-order valence-electron chi connectivity index (χ2n) is 1.71. The summed E-state index contributed by atoms with van der Waals surface area (Å²) < 4.78 is -8.08. The molecule has 0 N–H and O–H groups in total. The predicted octanol–water partition coefficient (Wildman–Crippen LogP) is 6.20. The fraction of sp³-hybridized carbons (Fsp3) is 0. The van der Waals surface area contributed by atoms with E-state index in [1.807, 2.05) is 0 Å². The topological polar surface area (TPSA) is 0 Å². The van der Waals surface area contributed by atoms with Gasteiger partial charge < -0.3 is 0 Å². The van der Waals surface area contributed by atoms with E-state index in [2.05, 4.69) is 0 Å². The summed E-state index contributed by atoms with van der Waals surface area (Å²) in [5.74, 6) is 0. The standard InChI is InChI=1S/9ClH.Co/h9*1H;/q;;;;;;;;;+9/p-9. The monoisotopic (exact) mass is 374 g/mol. The summed E-state index contributed by atoms with van der Waals surface area (Å²) in [6.07, 6.45) is 0. The van der Waals surface area contributed by atoms with Gasteiger partial charge in [-0.15, -0.1) is 0 Å². The van der Waals surface area contributed by atoms with Gasteiger partial charge in [0.25, 0.3) is 0 Å². The Labute approximate surface area is 89.2 Å². The molecule has 0 aliphatic carbocycles. The summed E-state index contributed by atoms with van der Waals surface area (Å²) in [7, 11) is 45.4. The third kappa shape index (κ3) is 117. The molecule has 0 saturated heterocycles. The van der Waals surface area contributed by atoms with Gasteiger partial charge in [-0.1, -0.05) is 0 Å². The molecule has 0 rings (SSSR count). The van der Waals surface area contributed by atoms with Crippen molar-refractivity contribution in [1.82, 2.24) is 0 Å². The Bertz CT molecular complexity index is 191. The first-order valence-electron chi connectivity index (χ1n) is 1.13. The van der Waals surface area contributed by atoms with Crippen LogP contribution >= 0.6 is 91.3 Å². The number of hydrogen-bond donors (Lipinski definition) is 0. The first kappa shape index (κ1) is 13.1. The zero-order valence-electron chi connectivity index (χ0n) is 3.74. The van der Waals surface area contributed by atoms with Gasteiger partial charge in [-0.3, -0.25) is 0 Å². The van der Waals surface area contributed by atoms with Crippen LogP contribution in [-0.2, 0) is -0.709 Å². The van der Waals surface area contributed by atoms with Gasteiger partial charge in [-0.2, -0.15) is 0 Å². The van der Waals surface area contributed by atoms with Crippen LogP contribution in [0, 0.1) is 0 Å². The normalized spacial score (nSPS) is 35.1. The SMILES string of the molecule is [Cl][Co]([Cl])([Cl])([Cl])([Cl])([Cl])([Cl])([Cl])[Cl]. The van der Waals surface area contributed by atoms with Crippen LogP contribution in [0.5, 0.6) is 0 Å². The molecule has 0 aromatic carbocycles. The Hall–Kier alpha value is 3.12. The fourth-order valence-electron chi connectivity index (χ4n) is 0. The zero-order chi connectivity index (χ0) is 9.33. The second kappa shape index (κ2) is 0.979. The quantitative estimate of drug-likeness (QED) is 0.471. The molecular formula is Cl9Co. The van der Waals surface area contributed by atoms with Crippen molar-refractivity contribution in [2.45, 2.75) is 0 Å². The molecular weight excluding hydrogens is 378 g/mol. The van der Waals surface area contributed by atoms with Gasteiger partial charge >= 0.3 is 90.6 Å². The molecule has 0 fully saturated rings. The molecule has 0 aliphatic rings. The van der Waals surface area contributed by atoms with Crippen LogP contribution in [0.3, 0.4) is 0 Å². The average molecular weight is 378 g/mol. The van der Waals surface area contributed by atoms with E-state index in [-0.39, 0.29) is 0 Å². The average Bonchev–Trinajstić information content (AvgIpc) is 0.469. The second-order valence-corrected chi connectivity index (χ2v) is 63.6. The van der Waals surface area contributed by atoms with Crippen molar-refractivity contribution in [1.29, 1.82) is 0 Å². The van der Waals surface area contributed by atoms with Crippen LogP contribution in [0.25, 0.3) is 0 Å². The van der Waals surface area contributed by atoms with Gasteiger partial charge in [0, 0.05) is 0 Å². The Morgan fingerprint density at radius 3 is 0.400 bits per heavy atom. The molecule has 0 saturated carbocycles. The summed E-state index contributed by atoms with van der Waals surface area (Å²) in [5.41, 5.74) is 0. The molecule has 0 aliphatic heterocycles. The third-order valence-corrected chi connectivity index (χ3v) is 0. The summed E-state index contributed by atoms with van der Waals surface area (Å²) in [6, 6.07) is 0. The summed E-state index contributed by atoms with van der Waals surface area (Å²) in [4.78, 5) is 0. The molecule has 10 heavy (non-hydrogen) atoms. The Balaban J connectivity index is 6.55. The van der Waals surface area contributed by atoms with Crippen molar-refractivity contribution >= 4 is 91.3 Å². The predicted molar refractivity (Wildman–Crippen MR) is 52.7 cm³/mol. The summed E-state index contributed by atoms with van der Waals surface area (Å²) >= 11 is 0. The van der Waals surface area contributed by atoms with E-state index in [9.17, 15) is 0 Å². The van der Waals surface area contributed by atoms with Crippen molar-refractivity contribution < 1.29 is -0.709 Å². The minimum atomic E-state index is -8.08. The molecule has 0 amide bonds. The van der Waals surface area contributed by atoms with Gasteiger partial charge in [-0.05, 0) is 0 Å². The van der Waals surface area contributed by atoms with E-state index in [1.54, 1.807) is 0 Å². The van der Waals surface area contributed by atoms with Crippen molar-refractivity contribution in [3.8, 4) is 0 Å². The molecule has 0 radical (unpaired) electrons. The number of hydrogen-bond acceptors (Lipinski definition) is 0. The van der Waals surface area contributed by atoms with Crippen LogP contribution in [0.1, 0.15) is 0 Å². The van der Waals surface area contributed by atoms with E-state index in [4.69, 9.17) is 91.3 Å². The van der Waals surface area contributed by atoms with E-state index in [1.165, 1.54) is 0 Å². The van der Waals surface area contributed by atoms with Gasteiger partial charge in [-0.25, -0.2) is 0 Å². The molecule has 0 atom stereocenters. The number of rotatable bonds is 0. The molecule has 0 spiro atoms. The van der Waals surface area contributed by atoms with Crippen molar-refractivity contribution in [2.24, 2.45) is 0 Å². The minimum absolute atomic E-state index is 5.05. The van der Waals surface area contributed by atoms with Crippen LogP contribution in [-0.4, -0.2) is 0 Å². The van der Waals surface area contributed by atoms with Crippen molar-refractivity contribution in [3.05, 3.63) is 0 Å². The van der Waals surface area contributed by atoms with Crippen LogP contribution < -0.4 is 0 Å². The maximum absolute atomic E-state index is 8.08. The van der Waals surface area contributed by atoms with Crippen LogP contribution in [0.15, 0.2) is 0 Å². The molecule has 0 nitrogen and oxygen atoms in total. The first-order valence-corrected chi connectivity index (χ1v) is 14.0. The molecule has 0 unspecified atom stereocenters. The van der Waals surface area contributed by atoms with E-state index < -0.39 is -0.709 Å². The molecule has 0 bridgehead atoms. The summed E-state index contributed by atoms with van der Waals surface area (Å²) in [5, 5.41) is 0.